The van der Waals surface area contributed by atoms with Crippen LogP contribution in [0.1, 0.15) is 12.8 Å². The molecule has 0 saturated carbocycles. The third-order valence-electron chi connectivity index (χ3n) is 6.70. The summed E-state index contributed by atoms with van der Waals surface area (Å²) in [4.78, 5) is 22.4. The number of aromatic nitrogens is 4. The minimum atomic E-state index is -0.355. The zero-order chi connectivity index (χ0) is 25.2. The van der Waals surface area contributed by atoms with E-state index in [4.69, 9.17) is 4.74 Å². The highest BCUT2D eigenvalue weighted by atomic mass is 16.6. The van der Waals surface area contributed by atoms with E-state index in [9.17, 15) is 10.1 Å². The molecule has 0 radical (unpaired) electrons. The van der Waals surface area contributed by atoms with E-state index >= 15 is 0 Å². The summed E-state index contributed by atoms with van der Waals surface area (Å²) in [5.74, 6) is 0.992. The fraction of sp³-hybridized carbons (Fsp3) is 0.320. The summed E-state index contributed by atoms with van der Waals surface area (Å²) in [6, 6.07) is 11.2. The van der Waals surface area contributed by atoms with Crippen molar-refractivity contribution in [2.45, 2.75) is 18.9 Å². The zero-order valence-electron chi connectivity index (χ0n) is 20.4. The highest BCUT2D eigenvalue weighted by Gasteiger charge is 2.27. The molecule has 11 heteroatoms. The van der Waals surface area contributed by atoms with E-state index in [1.807, 2.05) is 48.1 Å². The van der Waals surface area contributed by atoms with Crippen LogP contribution in [0.2, 0.25) is 0 Å². The Morgan fingerprint density at radius 2 is 2.00 bits per heavy atom. The lowest BCUT2D eigenvalue weighted by molar-refractivity contribution is -0.384. The van der Waals surface area contributed by atoms with Crippen LogP contribution in [0.4, 0.5) is 22.9 Å². The maximum Gasteiger partial charge on any atom is 0.294 e. The average molecular weight is 489 g/mol. The van der Waals surface area contributed by atoms with Gasteiger partial charge < -0.3 is 20.3 Å². The van der Waals surface area contributed by atoms with Crippen molar-refractivity contribution in [2.75, 3.05) is 37.5 Å². The summed E-state index contributed by atoms with van der Waals surface area (Å²) in [6.45, 7) is 1.78. The van der Waals surface area contributed by atoms with Gasteiger partial charge in [0.15, 0.2) is 0 Å². The van der Waals surface area contributed by atoms with Crippen LogP contribution in [-0.4, -0.2) is 58.0 Å². The van der Waals surface area contributed by atoms with Crippen molar-refractivity contribution in [2.24, 2.45) is 7.05 Å². The molecule has 2 N–H and O–H groups in total. The van der Waals surface area contributed by atoms with Crippen LogP contribution in [0.25, 0.3) is 22.2 Å². The third-order valence-corrected chi connectivity index (χ3v) is 6.70. The lowest BCUT2D eigenvalue weighted by atomic mass is 10.0. The number of hydrogen-bond acceptors (Lipinski definition) is 9. The molecule has 0 amide bonds. The van der Waals surface area contributed by atoms with E-state index < -0.39 is 0 Å². The van der Waals surface area contributed by atoms with Gasteiger partial charge >= 0.3 is 0 Å². The number of benzene rings is 2. The number of aryl methyl sites for hydroxylation is 1. The summed E-state index contributed by atoms with van der Waals surface area (Å²) in [5.41, 5.74) is 3.65. The highest BCUT2D eigenvalue weighted by Crippen LogP contribution is 2.40. The topological polar surface area (TPSA) is 123 Å². The Bertz CT molecular complexity index is 1410. The molecule has 1 aliphatic rings. The number of anilines is 3. The standard InChI is InChI=1S/C25H28N8O3/c1-31(18-6-8-26-9-7-18)22-13-24(36-3)20(11-23(22)33(34)35)30-25-12-19(27-15-28-25)16-4-5-21-17(10-16)14-29-32(21)2/h4-5,10-15,18,26H,6-9H2,1-3H3,(H,27,28,30). The highest BCUT2D eigenvalue weighted by molar-refractivity contribution is 5.84. The Morgan fingerprint density at radius 3 is 2.75 bits per heavy atom. The number of hydrogen-bond donors (Lipinski definition) is 2. The number of fused-ring (bicyclic) bond motifs is 1. The largest absolute Gasteiger partial charge is 0.494 e. The summed E-state index contributed by atoms with van der Waals surface area (Å²) < 4.78 is 7.44. The number of piperidine rings is 1. The molecule has 11 nitrogen and oxygen atoms in total. The summed E-state index contributed by atoms with van der Waals surface area (Å²) in [6.07, 6.45) is 5.12. The summed E-state index contributed by atoms with van der Waals surface area (Å²) >= 11 is 0. The second-order valence-electron chi connectivity index (χ2n) is 8.85. The number of nitro benzene ring substituents is 1. The van der Waals surface area contributed by atoms with Gasteiger partial charge in [0.1, 0.15) is 23.6 Å². The fourth-order valence-electron chi connectivity index (χ4n) is 4.69. The van der Waals surface area contributed by atoms with Crippen molar-refractivity contribution in [1.82, 2.24) is 25.1 Å². The molecule has 1 fully saturated rings. The second kappa shape index (κ2) is 9.78. The molecular formula is C25H28N8O3. The lowest BCUT2D eigenvalue weighted by Gasteiger charge is -2.33. The molecule has 2 aromatic heterocycles. The molecule has 0 unspecified atom stereocenters. The molecule has 3 heterocycles. The van der Waals surface area contributed by atoms with E-state index in [0.29, 0.717) is 28.6 Å². The average Bonchev–Trinajstić information content (AvgIpc) is 3.28. The van der Waals surface area contributed by atoms with Gasteiger partial charge in [-0.15, -0.1) is 0 Å². The van der Waals surface area contributed by atoms with Crippen LogP contribution in [0.3, 0.4) is 0 Å². The zero-order valence-corrected chi connectivity index (χ0v) is 20.4. The lowest BCUT2D eigenvalue weighted by Crippen LogP contribution is -2.41. The number of methoxy groups -OCH3 is 1. The molecule has 0 atom stereocenters. The summed E-state index contributed by atoms with van der Waals surface area (Å²) in [7, 11) is 5.35. The van der Waals surface area contributed by atoms with Crippen molar-refractivity contribution in [1.29, 1.82) is 0 Å². The van der Waals surface area contributed by atoms with E-state index in [-0.39, 0.29) is 16.7 Å². The van der Waals surface area contributed by atoms with E-state index in [1.54, 1.807) is 19.2 Å². The van der Waals surface area contributed by atoms with Crippen molar-refractivity contribution in [3.05, 3.63) is 59.0 Å². The van der Waals surface area contributed by atoms with Gasteiger partial charge in [-0.25, -0.2) is 9.97 Å². The van der Waals surface area contributed by atoms with Gasteiger partial charge in [0.2, 0.25) is 0 Å². The van der Waals surface area contributed by atoms with Crippen molar-refractivity contribution in [3.8, 4) is 17.0 Å². The molecule has 2 aromatic carbocycles. The number of nitro groups is 1. The van der Waals surface area contributed by atoms with E-state index in [1.165, 1.54) is 12.4 Å². The fourth-order valence-corrected chi connectivity index (χ4v) is 4.69. The smallest absolute Gasteiger partial charge is 0.294 e. The first-order valence-electron chi connectivity index (χ1n) is 11.8. The van der Waals surface area contributed by atoms with Gasteiger partial charge in [0.25, 0.3) is 5.69 Å². The molecule has 1 aliphatic heterocycles. The van der Waals surface area contributed by atoms with E-state index in [2.05, 4.69) is 25.7 Å². The van der Waals surface area contributed by atoms with Crippen molar-refractivity contribution in [3.63, 3.8) is 0 Å². The maximum absolute atomic E-state index is 12.0. The number of nitrogens with one attached hydrogen (secondary N) is 2. The third kappa shape index (κ3) is 4.52. The molecule has 186 valence electrons. The Morgan fingerprint density at radius 1 is 1.19 bits per heavy atom. The minimum absolute atomic E-state index is 0.00985. The first-order valence-corrected chi connectivity index (χ1v) is 11.8. The minimum Gasteiger partial charge on any atom is -0.494 e. The number of nitrogens with zero attached hydrogens (tertiary/aromatic N) is 6. The van der Waals surface area contributed by atoms with Gasteiger partial charge in [-0.2, -0.15) is 5.10 Å². The molecular weight excluding hydrogens is 460 g/mol. The van der Waals surface area contributed by atoms with Crippen LogP contribution >= 0.6 is 0 Å². The van der Waals surface area contributed by atoms with Gasteiger partial charge in [-0.05, 0) is 38.1 Å². The monoisotopic (exact) mass is 488 g/mol. The SMILES string of the molecule is COc1cc(N(C)C2CCNCC2)c([N+](=O)[O-])cc1Nc1cc(-c2ccc3c(cnn3C)c2)ncn1. The van der Waals surface area contributed by atoms with Crippen LogP contribution < -0.4 is 20.3 Å². The Labute approximate surface area is 208 Å². The summed E-state index contributed by atoms with van der Waals surface area (Å²) in [5, 5.41) is 23.8. The van der Waals surface area contributed by atoms with Crippen LogP contribution in [0.15, 0.2) is 48.9 Å². The Kier molecular flexibility index (Phi) is 6.38. The Hall–Kier alpha value is -4.25. The second-order valence-corrected chi connectivity index (χ2v) is 8.85. The predicted molar refractivity (Wildman–Crippen MR) is 139 cm³/mol. The van der Waals surface area contributed by atoms with Crippen LogP contribution in [0.5, 0.6) is 5.75 Å². The quantitative estimate of drug-likeness (QED) is 0.295. The first-order chi connectivity index (χ1) is 17.4. The van der Waals surface area contributed by atoms with Crippen LogP contribution in [-0.2, 0) is 7.05 Å². The molecule has 1 saturated heterocycles. The molecule has 4 aromatic rings. The molecule has 0 spiro atoms. The number of ether oxygens (including phenoxy) is 1. The van der Waals surface area contributed by atoms with Crippen molar-refractivity contribution < 1.29 is 9.66 Å². The van der Waals surface area contributed by atoms with Gasteiger partial charge in [-0.3, -0.25) is 14.8 Å². The maximum atomic E-state index is 12.0. The molecule has 0 aliphatic carbocycles. The molecule has 36 heavy (non-hydrogen) atoms. The van der Waals surface area contributed by atoms with Gasteiger partial charge in [-0.1, -0.05) is 6.07 Å². The van der Waals surface area contributed by atoms with Gasteiger partial charge in [0, 0.05) is 49.3 Å². The molecule has 0 bridgehead atoms. The molecule has 5 rings (SSSR count). The first kappa shape index (κ1) is 23.5. The van der Waals surface area contributed by atoms with Crippen LogP contribution in [0, 0.1) is 10.1 Å². The normalized spacial score (nSPS) is 14.1. The Balaban J connectivity index is 1.47. The van der Waals surface area contributed by atoms with Gasteiger partial charge in [0.05, 0.1) is 35.1 Å². The van der Waals surface area contributed by atoms with E-state index in [0.717, 1.165) is 42.4 Å². The predicted octanol–water partition coefficient (Wildman–Crippen LogP) is 3.88. The van der Waals surface area contributed by atoms with Crippen molar-refractivity contribution >= 4 is 33.8 Å². The number of rotatable bonds is 7.